The highest BCUT2D eigenvalue weighted by molar-refractivity contribution is 5.15. The van der Waals surface area contributed by atoms with E-state index < -0.39 is 5.60 Å². The van der Waals surface area contributed by atoms with Crippen molar-refractivity contribution < 1.29 is 5.11 Å². The molecule has 16 heavy (non-hydrogen) atoms. The second kappa shape index (κ2) is 3.87. The Hall–Kier alpha value is -0.300. The van der Waals surface area contributed by atoms with Gasteiger partial charge in [-0.15, -0.1) is 6.58 Å². The van der Waals surface area contributed by atoms with E-state index in [-0.39, 0.29) is 5.41 Å². The van der Waals surface area contributed by atoms with Crippen LogP contribution in [0.2, 0.25) is 0 Å². The fourth-order valence-electron chi connectivity index (χ4n) is 4.10. The number of hydrogen-bond acceptors (Lipinski definition) is 1. The van der Waals surface area contributed by atoms with Gasteiger partial charge in [0.1, 0.15) is 0 Å². The van der Waals surface area contributed by atoms with Crippen molar-refractivity contribution in [2.45, 2.75) is 58.5 Å². The second-order valence-corrected chi connectivity index (χ2v) is 6.54. The molecule has 1 heteroatoms. The standard InChI is InChI=1S/C15H26O/c1-5-15(16)13-9-7-6-8-12(13)10-11(2)14(15,3)4/h5,11-13,16H,1,6-10H2,2-4H3. The third-order valence-corrected chi connectivity index (χ3v) is 5.71. The minimum Gasteiger partial charge on any atom is -0.385 e. The van der Waals surface area contributed by atoms with Crippen LogP contribution in [0.4, 0.5) is 0 Å². The first-order valence-corrected chi connectivity index (χ1v) is 6.79. The van der Waals surface area contributed by atoms with Crippen LogP contribution in [0.1, 0.15) is 52.9 Å². The summed E-state index contributed by atoms with van der Waals surface area (Å²) >= 11 is 0. The molecule has 2 fully saturated rings. The quantitative estimate of drug-likeness (QED) is 0.669. The molecule has 0 amide bonds. The van der Waals surface area contributed by atoms with E-state index in [1.54, 1.807) is 0 Å². The van der Waals surface area contributed by atoms with E-state index in [9.17, 15) is 5.11 Å². The minimum atomic E-state index is -0.657. The lowest BCUT2D eigenvalue weighted by Crippen LogP contribution is -2.59. The van der Waals surface area contributed by atoms with Gasteiger partial charge in [0.2, 0.25) is 0 Å². The van der Waals surface area contributed by atoms with Crippen LogP contribution in [0.5, 0.6) is 0 Å². The lowest BCUT2D eigenvalue weighted by molar-refractivity contribution is -0.158. The van der Waals surface area contributed by atoms with Crippen molar-refractivity contribution in [3.8, 4) is 0 Å². The third-order valence-electron chi connectivity index (χ3n) is 5.71. The van der Waals surface area contributed by atoms with Gasteiger partial charge in [-0.05, 0) is 36.0 Å². The Balaban J connectivity index is 2.37. The number of fused-ring (bicyclic) bond motifs is 1. The van der Waals surface area contributed by atoms with E-state index in [2.05, 4.69) is 27.4 Å². The Kier molecular flexibility index (Phi) is 2.94. The van der Waals surface area contributed by atoms with Crippen LogP contribution < -0.4 is 0 Å². The van der Waals surface area contributed by atoms with E-state index in [0.717, 1.165) is 5.92 Å². The highest BCUT2D eigenvalue weighted by Crippen LogP contribution is 2.57. The van der Waals surface area contributed by atoms with E-state index in [4.69, 9.17) is 0 Å². The lowest BCUT2D eigenvalue weighted by Gasteiger charge is -2.58. The Morgan fingerprint density at radius 3 is 2.50 bits per heavy atom. The summed E-state index contributed by atoms with van der Waals surface area (Å²) < 4.78 is 0. The van der Waals surface area contributed by atoms with E-state index in [1.165, 1.54) is 32.1 Å². The molecule has 4 atom stereocenters. The lowest BCUT2D eigenvalue weighted by atomic mass is 9.50. The van der Waals surface area contributed by atoms with Crippen LogP contribution >= 0.6 is 0 Å². The van der Waals surface area contributed by atoms with Gasteiger partial charge >= 0.3 is 0 Å². The van der Waals surface area contributed by atoms with Crippen LogP contribution in [0.3, 0.4) is 0 Å². The smallest absolute Gasteiger partial charge is 0.0908 e. The topological polar surface area (TPSA) is 20.2 Å². The van der Waals surface area contributed by atoms with Gasteiger partial charge in [0.25, 0.3) is 0 Å². The van der Waals surface area contributed by atoms with Gasteiger partial charge in [0.15, 0.2) is 0 Å². The zero-order valence-electron chi connectivity index (χ0n) is 11.0. The van der Waals surface area contributed by atoms with E-state index >= 15 is 0 Å². The summed E-state index contributed by atoms with van der Waals surface area (Å²) in [6.45, 7) is 10.6. The maximum Gasteiger partial charge on any atom is 0.0908 e. The summed E-state index contributed by atoms with van der Waals surface area (Å²) in [5.74, 6) is 1.75. The van der Waals surface area contributed by atoms with Crippen molar-refractivity contribution in [1.82, 2.24) is 0 Å². The average Bonchev–Trinajstić information content (AvgIpc) is 2.27. The first-order valence-electron chi connectivity index (χ1n) is 6.79. The number of rotatable bonds is 1. The van der Waals surface area contributed by atoms with Crippen LogP contribution in [0.25, 0.3) is 0 Å². The van der Waals surface area contributed by atoms with Crippen molar-refractivity contribution >= 4 is 0 Å². The van der Waals surface area contributed by atoms with Gasteiger partial charge in [0.05, 0.1) is 5.60 Å². The fraction of sp³-hybridized carbons (Fsp3) is 0.867. The van der Waals surface area contributed by atoms with Gasteiger partial charge in [-0.1, -0.05) is 46.1 Å². The second-order valence-electron chi connectivity index (χ2n) is 6.54. The molecule has 0 saturated heterocycles. The summed E-state index contributed by atoms with van der Waals surface area (Å²) in [4.78, 5) is 0. The Bertz CT molecular complexity index is 281. The zero-order chi connectivity index (χ0) is 12.0. The van der Waals surface area contributed by atoms with Crippen molar-refractivity contribution in [1.29, 1.82) is 0 Å². The molecule has 0 aromatic rings. The van der Waals surface area contributed by atoms with Crippen LogP contribution in [0, 0.1) is 23.2 Å². The minimum absolute atomic E-state index is 0.0345. The molecule has 1 nitrogen and oxygen atoms in total. The molecule has 0 radical (unpaired) electrons. The number of hydrogen-bond donors (Lipinski definition) is 1. The summed E-state index contributed by atoms with van der Waals surface area (Å²) in [6.07, 6.45) is 8.24. The molecular formula is C15H26O. The molecule has 0 heterocycles. The molecule has 4 unspecified atom stereocenters. The Morgan fingerprint density at radius 1 is 1.25 bits per heavy atom. The average molecular weight is 222 g/mol. The molecule has 2 aliphatic rings. The van der Waals surface area contributed by atoms with Gasteiger partial charge in [-0.2, -0.15) is 0 Å². The van der Waals surface area contributed by atoms with Crippen LogP contribution in [0.15, 0.2) is 12.7 Å². The molecule has 1 N–H and O–H groups in total. The van der Waals surface area contributed by atoms with Gasteiger partial charge in [0, 0.05) is 0 Å². The summed E-state index contributed by atoms with van der Waals surface area (Å²) in [5.41, 5.74) is -0.691. The normalized spacial score (nSPS) is 47.1. The Morgan fingerprint density at radius 2 is 1.88 bits per heavy atom. The Labute approximate surface area is 99.9 Å². The monoisotopic (exact) mass is 222 g/mol. The molecule has 0 aromatic heterocycles. The molecule has 2 rings (SSSR count). The van der Waals surface area contributed by atoms with Crippen LogP contribution in [-0.2, 0) is 0 Å². The number of aliphatic hydroxyl groups is 1. The summed E-state index contributed by atoms with van der Waals surface area (Å²) in [5, 5.41) is 11.1. The van der Waals surface area contributed by atoms with E-state index in [1.807, 2.05) is 6.08 Å². The highest BCUT2D eigenvalue weighted by atomic mass is 16.3. The SMILES string of the molecule is C=CC1(O)C2CCCCC2CC(C)C1(C)C. The van der Waals surface area contributed by atoms with Gasteiger partial charge in [-0.25, -0.2) is 0 Å². The molecule has 92 valence electrons. The van der Waals surface area contributed by atoms with Gasteiger partial charge in [-0.3, -0.25) is 0 Å². The summed E-state index contributed by atoms with van der Waals surface area (Å²) in [6, 6.07) is 0. The van der Waals surface area contributed by atoms with E-state index in [0.29, 0.717) is 11.8 Å². The molecule has 0 aliphatic heterocycles. The maximum absolute atomic E-state index is 11.1. The highest BCUT2D eigenvalue weighted by Gasteiger charge is 2.56. The van der Waals surface area contributed by atoms with Crippen molar-refractivity contribution in [3.63, 3.8) is 0 Å². The van der Waals surface area contributed by atoms with Crippen molar-refractivity contribution in [3.05, 3.63) is 12.7 Å². The molecule has 2 saturated carbocycles. The fourth-order valence-corrected chi connectivity index (χ4v) is 4.10. The zero-order valence-corrected chi connectivity index (χ0v) is 11.0. The molecule has 2 aliphatic carbocycles. The molecule has 0 aromatic carbocycles. The first kappa shape index (κ1) is 12.2. The molecule has 0 spiro atoms. The van der Waals surface area contributed by atoms with Crippen molar-refractivity contribution in [2.24, 2.45) is 23.2 Å². The largest absolute Gasteiger partial charge is 0.385 e. The maximum atomic E-state index is 11.1. The molecular weight excluding hydrogens is 196 g/mol. The predicted octanol–water partition coefficient (Wildman–Crippen LogP) is 3.78. The third kappa shape index (κ3) is 1.48. The summed E-state index contributed by atoms with van der Waals surface area (Å²) in [7, 11) is 0. The molecule has 0 bridgehead atoms. The van der Waals surface area contributed by atoms with Gasteiger partial charge < -0.3 is 5.11 Å². The van der Waals surface area contributed by atoms with Crippen molar-refractivity contribution in [2.75, 3.05) is 0 Å². The first-order chi connectivity index (χ1) is 7.43. The predicted molar refractivity (Wildman–Crippen MR) is 68.2 cm³/mol. The van der Waals surface area contributed by atoms with Crippen LogP contribution in [-0.4, -0.2) is 10.7 Å².